The number of aliphatic carboxylic acids is 1. The Morgan fingerprint density at radius 1 is 1.37 bits per heavy atom. The monoisotopic (exact) mass is 269 g/mol. The van der Waals surface area contributed by atoms with Crippen molar-refractivity contribution in [1.29, 1.82) is 0 Å². The maximum Gasteiger partial charge on any atom is 0.326 e. The lowest BCUT2D eigenvalue weighted by Gasteiger charge is -2.23. The summed E-state index contributed by atoms with van der Waals surface area (Å²) >= 11 is 0. The van der Waals surface area contributed by atoms with Crippen LogP contribution in [0.15, 0.2) is 15.7 Å². The van der Waals surface area contributed by atoms with Gasteiger partial charge < -0.3 is 15.4 Å². The van der Waals surface area contributed by atoms with Crippen LogP contribution in [-0.4, -0.2) is 33.5 Å². The average molecular weight is 269 g/mol. The van der Waals surface area contributed by atoms with E-state index in [1.807, 2.05) is 4.98 Å². The fraction of sp³-hybridized carbons (Fsp3) is 0.455. The number of carboxylic acid groups (broad SMARTS) is 1. The van der Waals surface area contributed by atoms with Crippen LogP contribution in [0.2, 0.25) is 0 Å². The molecule has 0 aliphatic carbocycles. The Morgan fingerprint density at radius 2 is 2.00 bits per heavy atom. The summed E-state index contributed by atoms with van der Waals surface area (Å²) in [7, 11) is 0. The van der Waals surface area contributed by atoms with Crippen LogP contribution in [0.25, 0.3) is 0 Å². The van der Waals surface area contributed by atoms with Gasteiger partial charge in [-0.05, 0) is 13.3 Å². The second-order valence-corrected chi connectivity index (χ2v) is 4.40. The number of aromatic amines is 2. The van der Waals surface area contributed by atoms with Crippen molar-refractivity contribution in [2.45, 2.75) is 20.3 Å². The standard InChI is InChI=1S/C11H15N3O5/c1-3-11(2,9(17)18)5-12-8(16)6-4-7(15)14-10(19)13-6/h4H,3,5H2,1-2H3,(H,12,16)(H,17,18)(H2,13,14,15,19). The second kappa shape index (κ2) is 5.51. The van der Waals surface area contributed by atoms with Crippen molar-refractivity contribution in [3.05, 3.63) is 32.6 Å². The van der Waals surface area contributed by atoms with E-state index in [1.165, 1.54) is 6.92 Å². The van der Waals surface area contributed by atoms with E-state index in [1.54, 1.807) is 6.92 Å². The first-order valence-electron chi connectivity index (χ1n) is 5.64. The van der Waals surface area contributed by atoms with Crippen LogP contribution in [0, 0.1) is 5.41 Å². The van der Waals surface area contributed by atoms with Gasteiger partial charge in [0.2, 0.25) is 0 Å². The van der Waals surface area contributed by atoms with Crippen molar-refractivity contribution in [2.24, 2.45) is 5.41 Å². The summed E-state index contributed by atoms with van der Waals surface area (Å²) in [4.78, 5) is 48.9. The number of hydrogen-bond donors (Lipinski definition) is 4. The van der Waals surface area contributed by atoms with Gasteiger partial charge in [-0.3, -0.25) is 19.4 Å². The molecular formula is C11H15N3O5. The Morgan fingerprint density at radius 3 is 2.47 bits per heavy atom. The van der Waals surface area contributed by atoms with Crippen molar-refractivity contribution in [1.82, 2.24) is 15.3 Å². The number of H-pyrrole nitrogens is 2. The zero-order valence-electron chi connectivity index (χ0n) is 10.6. The molecule has 1 aromatic rings. The van der Waals surface area contributed by atoms with E-state index in [9.17, 15) is 19.2 Å². The number of aromatic nitrogens is 2. The summed E-state index contributed by atoms with van der Waals surface area (Å²) in [6.45, 7) is 3.08. The highest BCUT2D eigenvalue weighted by Crippen LogP contribution is 2.19. The molecule has 0 aliphatic rings. The Labute approximate surface area is 107 Å². The van der Waals surface area contributed by atoms with Crippen LogP contribution in [0.4, 0.5) is 0 Å². The summed E-state index contributed by atoms with van der Waals surface area (Å²) in [5, 5.41) is 11.4. The lowest BCUT2D eigenvalue weighted by molar-refractivity contribution is -0.147. The summed E-state index contributed by atoms with van der Waals surface area (Å²) in [6.07, 6.45) is 0.328. The molecule has 8 nitrogen and oxygen atoms in total. The minimum Gasteiger partial charge on any atom is -0.481 e. The maximum absolute atomic E-state index is 11.7. The molecule has 1 heterocycles. The second-order valence-electron chi connectivity index (χ2n) is 4.40. The molecule has 0 aromatic carbocycles. The Hall–Kier alpha value is -2.38. The molecule has 0 saturated carbocycles. The van der Waals surface area contributed by atoms with Crippen molar-refractivity contribution < 1.29 is 14.7 Å². The van der Waals surface area contributed by atoms with E-state index in [-0.39, 0.29) is 12.2 Å². The zero-order chi connectivity index (χ0) is 14.6. The SMILES string of the molecule is CCC(C)(CNC(=O)c1cc(=O)[nH]c(=O)[nH]1)C(=O)O. The number of rotatable bonds is 5. The molecule has 1 rings (SSSR count). The molecule has 0 fully saturated rings. The summed E-state index contributed by atoms with van der Waals surface area (Å²) in [6, 6.07) is 0.931. The lowest BCUT2D eigenvalue weighted by Crippen LogP contribution is -2.41. The third-order valence-electron chi connectivity index (χ3n) is 2.94. The fourth-order valence-corrected chi connectivity index (χ4v) is 1.31. The number of carbonyl (C=O) groups excluding carboxylic acids is 1. The molecule has 104 valence electrons. The smallest absolute Gasteiger partial charge is 0.326 e. The van der Waals surface area contributed by atoms with Gasteiger partial charge in [-0.25, -0.2) is 4.79 Å². The molecule has 0 saturated heterocycles. The molecule has 19 heavy (non-hydrogen) atoms. The third-order valence-corrected chi connectivity index (χ3v) is 2.94. The first-order valence-corrected chi connectivity index (χ1v) is 5.64. The van der Waals surface area contributed by atoms with E-state index in [0.29, 0.717) is 6.42 Å². The van der Waals surface area contributed by atoms with Crippen molar-refractivity contribution >= 4 is 11.9 Å². The Bertz CT molecular complexity index is 575. The molecule has 0 spiro atoms. The number of amides is 1. The first-order chi connectivity index (χ1) is 8.78. The highest BCUT2D eigenvalue weighted by molar-refractivity contribution is 5.92. The van der Waals surface area contributed by atoms with Crippen LogP contribution in [-0.2, 0) is 4.79 Å². The summed E-state index contributed by atoms with van der Waals surface area (Å²) in [5.74, 6) is -1.74. The van der Waals surface area contributed by atoms with Crippen LogP contribution in [0.1, 0.15) is 30.8 Å². The van der Waals surface area contributed by atoms with E-state index in [0.717, 1.165) is 6.07 Å². The molecule has 1 atom stereocenters. The van der Waals surface area contributed by atoms with E-state index < -0.39 is 28.5 Å². The van der Waals surface area contributed by atoms with E-state index in [4.69, 9.17) is 5.11 Å². The van der Waals surface area contributed by atoms with E-state index in [2.05, 4.69) is 10.3 Å². The quantitative estimate of drug-likeness (QED) is 0.560. The van der Waals surface area contributed by atoms with Gasteiger partial charge in [0, 0.05) is 12.6 Å². The predicted molar refractivity (Wildman–Crippen MR) is 66.1 cm³/mol. The highest BCUT2D eigenvalue weighted by atomic mass is 16.4. The molecule has 8 heteroatoms. The Balaban J connectivity index is 2.84. The topological polar surface area (TPSA) is 132 Å². The van der Waals surface area contributed by atoms with Crippen molar-refractivity contribution in [3.8, 4) is 0 Å². The van der Waals surface area contributed by atoms with Crippen LogP contribution in [0.5, 0.6) is 0 Å². The molecule has 0 radical (unpaired) electrons. The van der Waals surface area contributed by atoms with Crippen molar-refractivity contribution in [3.63, 3.8) is 0 Å². The highest BCUT2D eigenvalue weighted by Gasteiger charge is 2.31. The third kappa shape index (κ3) is 3.54. The van der Waals surface area contributed by atoms with Gasteiger partial charge in [0.15, 0.2) is 0 Å². The number of hydrogen-bond acceptors (Lipinski definition) is 4. The molecule has 0 bridgehead atoms. The minimum atomic E-state index is -1.10. The average Bonchev–Trinajstić information content (AvgIpc) is 2.34. The van der Waals surface area contributed by atoms with Crippen molar-refractivity contribution in [2.75, 3.05) is 6.54 Å². The molecule has 1 aromatic heterocycles. The molecular weight excluding hydrogens is 254 g/mol. The normalized spacial score (nSPS) is 13.6. The van der Waals surface area contributed by atoms with Gasteiger partial charge in [-0.1, -0.05) is 6.92 Å². The molecule has 0 aliphatic heterocycles. The largest absolute Gasteiger partial charge is 0.481 e. The van der Waals surface area contributed by atoms with Gasteiger partial charge in [-0.15, -0.1) is 0 Å². The lowest BCUT2D eigenvalue weighted by atomic mass is 9.88. The summed E-state index contributed by atoms with van der Waals surface area (Å²) in [5.41, 5.74) is -2.81. The fourth-order valence-electron chi connectivity index (χ4n) is 1.31. The van der Waals surface area contributed by atoms with Gasteiger partial charge in [0.1, 0.15) is 5.69 Å². The van der Waals surface area contributed by atoms with Gasteiger partial charge in [0.05, 0.1) is 5.41 Å². The maximum atomic E-state index is 11.7. The zero-order valence-corrected chi connectivity index (χ0v) is 10.6. The van der Waals surface area contributed by atoms with Gasteiger partial charge in [0.25, 0.3) is 11.5 Å². The van der Waals surface area contributed by atoms with Gasteiger partial charge >= 0.3 is 11.7 Å². The van der Waals surface area contributed by atoms with Crippen LogP contribution >= 0.6 is 0 Å². The van der Waals surface area contributed by atoms with Gasteiger partial charge in [-0.2, -0.15) is 0 Å². The molecule has 1 unspecified atom stereocenters. The van der Waals surface area contributed by atoms with E-state index >= 15 is 0 Å². The molecule has 4 N–H and O–H groups in total. The number of carbonyl (C=O) groups is 2. The minimum absolute atomic E-state index is 0.105. The summed E-state index contributed by atoms with van der Waals surface area (Å²) < 4.78 is 0. The Kier molecular flexibility index (Phi) is 4.26. The number of nitrogens with one attached hydrogen (secondary N) is 3. The first kappa shape index (κ1) is 14.7. The van der Waals surface area contributed by atoms with Crippen LogP contribution < -0.4 is 16.6 Å². The predicted octanol–water partition coefficient (Wildman–Crippen LogP) is -0.706. The molecule has 1 amide bonds. The number of carboxylic acids is 1. The van der Waals surface area contributed by atoms with Crippen LogP contribution in [0.3, 0.4) is 0 Å².